The molecule has 0 bridgehead atoms. The summed E-state index contributed by atoms with van der Waals surface area (Å²) >= 11 is 0. The van der Waals surface area contributed by atoms with Crippen LogP contribution in [0.1, 0.15) is 5.56 Å². The van der Waals surface area contributed by atoms with Gasteiger partial charge in [-0.3, -0.25) is 14.9 Å². The first kappa shape index (κ1) is 18.1. The Bertz CT molecular complexity index is 770. The lowest BCUT2D eigenvalue weighted by atomic mass is 10.1. The molecule has 2 rings (SSSR count). The van der Waals surface area contributed by atoms with Gasteiger partial charge in [0.15, 0.2) is 0 Å². The topological polar surface area (TPSA) is 103 Å². The van der Waals surface area contributed by atoms with Crippen molar-refractivity contribution in [2.45, 2.75) is 6.92 Å². The van der Waals surface area contributed by atoms with E-state index < -0.39 is 4.92 Å². The van der Waals surface area contributed by atoms with Crippen LogP contribution in [-0.4, -0.2) is 31.6 Å². The van der Waals surface area contributed by atoms with Gasteiger partial charge in [-0.05, 0) is 13.0 Å². The van der Waals surface area contributed by atoms with Crippen molar-refractivity contribution in [2.75, 3.05) is 31.4 Å². The highest BCUT2D eigenvalue weighted by molar-refractivity contribution is 5.94. The van der Waals surface area contributed by atoms with Gasteiger partial charge in [-0.15, -0.1) is 0 Å². The van der Waals surface area contributed by atoms with E-state index in [1.807, 2.05) is 0 Å². The van der Waals surface area contributed by atoms with Gasteiger partial charge >= 0.3 is 0 Å². The summed E-state index contributed by atoms with van der Waals surface area (Å²) in [6.07, 6.45) is 0. The first-order chi connectivity index (χ1) is 11.9. The van der Waals surface area contributed by atoms with Crippen LogP contribution < -0.4 is 20.1 Å². The van der Waals surface area contributed by atoms with Gasteiger partial charge in [0.25, 0.3) is 5.69 Å². The monoisotopic (exact) mass is 345 g/mol. The smallest absolute Gasteiger partial charge is 0.274 e. The summed E-state index contributed by atoms with van der Waals surface area (Å²) in [5, 5.41) is 16.6. The molecule has 2 aromatic carbocycles. The Balaban J connectivity index is 2.04. The number of anilines is 2. The van der Waals surface area contributed by atoms with Crippen LogP contribution in [0.25, 0.3) is 0 Å². The lowest BCUT2D eigenvalue weighted by Crippen LogP contribution is -2.22. The SMILES string of the molecule is COc1cc(NC(=O)CNc2cccc([N+](=O)[O-])c2C)cc(OC)c1. The van der Waals surface area contributed by atoms with Crippen LogP contribution in [0.5, 0.6) is 11.5 Å². The highest BCUT2D eigenvalue weighted by atomic mass is 16.6. The van der Waals surface area contributed by atoms with Gasteiger partial charge in [-0.25, -0.2) is 0 Å². The molecule has 0 aromatic heterocycles. The number of nitrogens with zero attached hydrogens (tertiary/aromatic N) is 1. The van der Waals surface area contributed by atoms with E-state index in [0.29, 0.717) is 28.4 Å². The first-order valence-corrected chi connectivity index (χ1v) is 7.45. The summed E-state index contributed by atoms with van der Waals surface area (Å²) in [5.41, 5.74) is 1.54. The van der Waals surface area contributed by atoms with Gasteiger partial charge in [0.2, 0.25) is 5.91 Å². The van der Waals surface area contributed by atoms with E-state index in [1.54, 1.807) is 37.3 Å². The molecule has 0 saturated carbocycles. The van der Waals surface area contributed by atoms with Crippen LogP contribution in [0.2, 0.25) is 0 Å². The number of methoxy groups -OCH3 is 2. The first-order valence-electron chi connectivity index (χ1n) is 7.45. The van der Waals surface area contributed by atoms with Crippen molar-refractivity contribution in [1.29, 1.82) is 0 Å². The minimum atomic E-state index is -0.455. The zero-order chi connectivity index (χ0) is 18.4. The molecule has 0 fully saturated rings. The molecule has 8 heteroatoms. The van der Waals surface area contributed by atoms with E-state index in [4.69, 9.17) is 9.47 Å². The number of carbonyl (C=O) groups excluding carboxylic acids is 1. The third-order valence-corrected chi connectivity index (χ3v) is 3.58. The fourth-order valence-electron chi connectivity index (χ4n) is 2.27. The lowest BCUT2D eigenvalue weighted by molar-refractivity contribution is -0.385. The average Bonchev–Trinajstić information content (AvgIpc) is 2.60. The van der Waals surface area contributed by atoms with Gasteiger partial charge < -0.3 is 20.1 Å². The number of hydrogen-bond acceptors (Lipinski definition) is 6. The number of ether oxygens (including phenoxy) is 2. The maximum absolute atomic E-state index is 12.1. The maximum Gasteiger partial charge on any atom is 0.274 e. The van der Waals surface area contributed by atoms with E-state index in [9.17, 15) is 14.9 Å². The van der Waals surface area contributed by atoms with Crippen molar-refractivity contribution in [3.63, 3.8) is 0 Å². The maximum atomic E-state index is 12.1. The summed E-state index contributed by atoms with van der Waals surface area (Å²) in [5.74, 6) is 0.801. The summed E-state index contributed by atoms with van der Waals surface area (Å²) in [6, 6.07) is 9.70. The predicted molar refractivity (Wildman–Crippen MR) is 94.5 cm³/mol. The number of nitro benzene ring substituents is 1. The normalized spacial score (nSPS) is 10.0. The largest absolute Gasteiger partial charge is 0.497 e. The fourth-order valence-corrected chi connectivity index (χ4v) is 2.27. The molecule has 2 aromatic rings. The second-order valence-electron chi connectivity index (χ2n) is 5.21. The summed E-state index contributed by atoms with van der Waals surface area (Å²) in [7, 11) is 3.04. The molecule has 0 radical (unpaired) electrons. The fraction of sp³-hybridized carbons (Fsp3) is 0.235. The van der Waals surface area contributed by atoms with Crippen LogP contribution in [0.15, 0.2) is 36.4 Å². The molecular formula is C17H19N3O5. The van der Waals surface area contributed by atoms with E-state index in [1.165, 1.54) is 20.3 Å². The number of nitrogens with one attached hydrogen (secondary N) is 2. The van der Waals surface area contributed by atoms with Crippen molar-refractivity contribution in [1.82, 2.24) is 0 Å². The number of carbonyl (C=O) groups is 1. The summed E-state index contributed by atoms with van der Waals surface area (Å²) in [6.45, 7) is 1.59. The van der Waals surface area contributed by atoms with Crippen molar-refractivity contribution in [2.24, 2.45) is 0 Å². The number of hydrogen-bond donors (Lipinski definition) is 2. The van der Waals surface area contributed by atoms with Crippen molar-refractivity contribution in [3.05, 3.63) is 52.1 Å². The van der Waals surface area contributed by atoms with E-state index >= 15 is 0 Å². The molecule has 132 valence electrons. The van der Waals surface area contributed by atoms with Crippen LogP contribution in [-0.2, 0) is 4.79 Å². The molecule has 8 nitrogen and oxygen atoms in total. The van der Waals surface area contributed by atoms with Crippen molar-refractivity contribution in [3.8, 4) is 11.5 Å². The minimum absolute atomic E-state index is 0.00272. The minimum Gasteiger partial charge on any atom is -0.497 e. The van der Waals surface area contributed by atoms with Gasteiger partial charge in [0.05, 0.1) is 25.7 Å². The van der Waals surface area contributed by atoms with Crippen LogP contribution >= 0.6 is 0 Å². The Labute approximate surface area is 144 Å². The van der Waals surface area contributed by atoms with Crippen molar-refractivity contribution >= 4 is 23.0 Å². The Morgan fingerprint density at radius 2 is 1.80 bits per heavy atom. The van der Waals surface area contributed by atoms with Gasteiger partial charge in [0, 0.05) is 41.2 Å². The second-order valence-corrected chi connectivity index (χ2v) is 5.21. The third-order valence-electron chi connectivity index (χ3n) is 3.58. The molecule has 0 atom stereocenters. The van der Waals surface area contributed by atoms with Crippen LogP contribution in [0.3, 0.4) is 0 Å². The Morgan fingerprint density at radius 1 is 1.16 bits per heavy atom. The van der Waals surface area contributed by atoms with Crippen LogP contribution in [0, 0.1) is 17.0 Å². The lowest BCUT2D eigenvalue weighted by Gasteiger charge is -2.12. The second kappa shape index (κ2) is 8.00. The molecule has 0 aliphatic heterocycles. The Kier molecular flexibility index (Phi) is 5.78. The Morgan fingerprint density at radius 3 is 2.36 bits per heavy atom. The van der Waals surface area contributed by atoms with Crippen molar-refractivity contribution < 1.29 is 19.2 Å². The standard InChI is InChI=1S/C17H19N3O5/c1-11-15(5-4-6-16(11)20(22)23)18-10-17(21)19-12-7-13(24-2)9-14(8-12)25-3/h4-9,18H,10H2,1-3H3,(H,19,21). The highest BCUT2D eigenvalue weighted by Crippen LogP contribution is 2.26. The molecule has 1 amide bonds. The number of rotatable bonds is 7. The molecule has 2 N–H and O–H groups in total. The van der Waals surface area contributed by atoms with Gasteiger partial charge in [0.1, 0.15) is 11.5 Å². The average molecular weight is 345 g/mol. The van der Waals surface area contributed by atoms with E-state index in [2.05, 4.69) is 10.6 Å². The molecular weight excluding hydrogens is 326 g/mol. The van der Waals surface area contributed by atoms with Crippen LogP contribution in [0.4, 0.5) is 17.1 Å². The molecule has 0 unspecified atom stereocenters. The third kappa shape index (κ3) is 4.60. The quantitative estimate of drug-likeness (QED) is 0.591. The van der Waals surface area contributed by atoms with E-state index in [0.717, 1.165) is 0 Å². The van der Waals surface area contributed by atoms with E-state index in [-0.39, 0.29) is 18.1 Å². The molecule has 0 aliphatic rings. The summed E-state index contributed by atoms with van der Waals surface area (Å²) < 4.78 is 10.3. The molecule has 0 saturated heterocycles. The predicted octanol–water partition coefficient (Wildman–Crippen LogP) is 2.97. The zero-order valence-corrected chi connectivity index (χ0v) is 14.2. The highest BCUT2D eigenvalue weighted by Gasteiger charge is 2.14. The number of amides is 1. The molecule has 0 heterocycles. The molecule has 0 spiro atoms. The zero-order valence-electron chi connectivity index (χ0n) is 14.2. The Hall–Kier alpha value is -3.29. The van der Waals surface area contributed by atoms with Gasteiger partial charge in [-0.1, -0.05) is 6.07 Å². The molecule has 0 aliphatic carbocycles. The summed E-state index contributed by atoms with van der Waals surface area (Å²) in [4.78, 5) is 22.6. The number of benzene rings is 2. The number of nitro groups is 1. The van der Waals surface area contributed by atoms with Gasteiger partial charge in [-0.2, -0.15) is 0 Å². The molecule has 25 heavy (non-hydrogen) atoms.